The average molecular weight is 360 g/mol. The summed E-state index contributed by atoms with van der Waals surface area (Å²) in [6.45, 7) is 10.8. The molecule has 6 nitrogen and oxygen atoms in total. The first-order valence-corrected chi connectivity index (χ1v) is 8.73. The van der Waals surface area contributed by atoms with Crippen LogP contribution in [0.5, 0.6) is 5.75 Å². The molecule has 0 fully saturated rings. The fourth-order valence-corrected chi connectivity index (χ4v) is 3.07. The number of likely N-dealkylation sites (N-methyl/N-ethyl adjacent to an activating group) is 1. The van der Waals surface area contributed by atoms with Gasteiger partial charge in [0.05, 0.1) is 17.7 Å². The maximum absolute atomic E-state index is 12.5. The standard InChI is InChI=1S/C20H28N2O4/c1-12(18(24)26-19(2,3)4)22(7)16-14-10-13(11-21)8-9-15(14)25-20(5,6)17(16)23/h8-10,12,16-17,23H,1-7H3/t12-,16+,17-/m0/s1. The highest BCUT2D eigenvalue weighted by Gasteiger charge is 2.46. The zero-order valence-corrected chi connectivity index (χ0v) is 16.5. The zero-order chi connectivity index (χ0) is 19.9. The van der Waals surface area contributed by atoms with Crippen LogP contribution in [0.25, 0.3) is 0 Å². The fourth-order valence-electron chi connectivity index (χ4n) is 3.07. The molecule has 3 atom stereocenters. The predicted octanol–water partition coefficient (Wildman–Crippen LogP) is 2.79. The number of aliphatic hydroxyl groups excluding tert-OH is 1. The van der Waals surface area contributed by atoms with Gasteiger partial charge in [0.15, 0.2) is 0 Å². The second-order valence-corrected chi connectivity index (χ2v) is 8.33. The molecule has 0 saturated carbocycles. The molecule has 0 amide bonds. The number of esters is 1. The van der Waals surface area contributed by atoms with E-state index in [0.29, 0.717) is 16.9 Å². The lowest BCUT2D eigenvalue weighted by molar-refractivity contribution is -0.164. The number of hydrogen-bond acceptors (Lipinski definition) is 6. The Kier molecular flexibility index (Phi) is 5.36. The third-order valence-electron chi connectivity index (χ3n) is 4.64. The molecule has 0 radical (unpaired) electrons. The molecule has 26 heavy (non-hydrogen) atoms. The summed E-state index contributed by atoms with van der Waals surface area (Å²) in [6, 6.07) is 6.14. The summed E-state index contributed by atoms with van der Waals surface area (Å²) < 4.78 is 11.4. The Morgan fingerprint density at radius 2 is 2.04 bits per heavy atom. The number of aliphatic hydroxyl groups is 1. The third kappa shape index (κ3) is 4.00. The Morgan fingerprint density at radius 3 is 2.58 bits per heavy atom. The lowest BCUT2D eigenvalue weighted by Crippen LogP contribution is -2.55. The van der Waals surface area contributed by atoms with Gasteiger partial charge in [-0.2, -0.15) is 5.26 Å². The van der Waals surface area contributed by atoms with Crippen molar-refractivity contribution in [2.75, 3.05) is 7.05 Å². The van der Waals surface area contributed by atoms with Crippen LogP contribution in [0.4, 0.5) is 0 Å². The van der Waals surface area contributed by atoms with E-state index < -0.39 is 29.4 Å². The summed E-state index contributed by atoms with van der Waals surface area (Å²) in [4.78, 5) is 14.3. The molecule has 1 aliphatic heterocycles. The van der Waals surface area contributed by atoms with Gasteiger partial charge in [0, 0.05) is 5.56 Å². The van der Waals surface area contributed by atoms with Crippen LogP contribution in [0.3, 0.4) is 0 Å². The molecular weight excluding hydrogens is 332 g/mol. The number of ether oxygens (including phenoxy) is 2. The van der Waals surface area contributed by atoms with Crippen LogP contribution in [0, 0.1) is 11.3 Å². The molecule has 0 saturated heterocycles. The molecule has 142 valence electrons. The minimum atomic E-state index is -0.890. The van der Waals surface area contributed by atoms with Gasteiger partial charge in [-0.15, -0.1) is 0 Å². The minimum absolute atomic E-state index is 0.366. The lowest BCUT2D eigenvalue weighted by atomic mass is 9.84. The highest BCUT2D eigenvalue weighted by Crippen LogP contribution is 2.43. The van der Waals surface area contributed by atoms with E-state index in [1.54, 1.807) is 50.9 Å². The molecule has 1 aromatic carbocycles. The Bertz CT molecular complexity index is 730. The van der Waals surface area contributed by atoms with Gasteiger partial charge in [0.2, 0.25) is 0 Å². The Balaban J connectivity index is 2.43. The molecule has 2 rings (SSSR count). The first-order valence-electron chi connectivity index (χ1n) is 8.73. The topological polar surface area (TPSA) is 82.8 Å². The number of benzene rings is 1. The summed E-state index contributed by atoms with van der Waals surface area (Å²) in [5.74, 6) is 0.238. The van der Waals surface area contributed by atoms with E-state index in [-0.39, 0.29) is 5.97 Å². The van der Waals surface area contributed by atoms with Gasteiger partial charge in [-0.25, -0.2) is 0 Å². The molecule has 1 N–H and O–H groups in total. The van der Waals surface area contributed by atoms with Crippen molar-refractivity contribution in [2.45, 2.75) is 70.9 Å². The van der Waals surface area contributed by atoms with Crippen LogP contribution in [0.1, 0.15) is 58.7 Å². The summed E-state index contributed by atoms with van der Waals surface area (Å²) >= 11 is 0. The van der Waals surface area contributed by atoms with Crippen molar-refractivity contribution in [3.63, 3.8) is 0 Å². The number of fused-ring (bicyclic) bond motifs is 1. The smallest absolute Gasteiger partial charge is 0.323 e. The van der Waals surface area contributed by atoms with E-state index in [9.17, 15) is 15.2 Å². The maximum atomic E-state index is 12.5. The Hall–Kier alpha value is -2.10. The molecule has 1 aliphatic rings. The van der Waals surface area contributed by atoms with E-state index in [1.807, 2.05) is 20.8 Å². The molecule has 0 bridgehead atoms. The fraction of sp³-hybridized carbons (Fsp3) is 0.600. The molecule has 6 heteroatoms. The lowest BCUT2D eigenvalue weighted by Gasteiger charge is -2.46. The normalized spacial score (nSPS) is 22.8. The summed E-state index contributed by atoms with van der Waals surface area (Å²) in [5.41, 5.74) is -0.268. The van der Waals surface area contributed by atoms with Gasteiger partial charge in [-0.05, 0) is 66.8 Å². The van der Waals surface area contributed by atoms with E-state index in [4.69, 9.17) is 9.47 Å². The van der Waals surface area contributed by atoms with Gasteiger partial charge < -0.3 is 14.6 Å². The SMILES string of the molecule is C[C@@H](C(=O)OC(C)(C)C)N(C)[C@@H]1c2cc(C#N)ccc2OC(C)(C)[C@H]1O. The van der Waals surface area contributed by atoms with Crippen molar-refractivity contribution >= 4 is 5.97 Å². The molecule has 0 spiro atoms. The van der Waals surface area contributed by atoms with Crippen LogP contribution in [0.2, 0.25) is 0 Å². The van der Waals surface area contributed by atoms with Crippen LogP contribution in [-0.4, -0.2) is 46.4 Å². The number of nitrogens with zero attached hydrogens (tertiary/aromatic N) is 2. The monoisotopic (exact) mass is 360 g/mol. The largest absolute Gasteiger partial charge is 0.485 e. The quantitative estimate of drug-likeness (QED) is 0.835. The minimum Gasteiger partial charge on any atom is -0.485 e. The molecule has 0 aliphatic carbocycles. The first-order chi connectivity index (χ1) is 11.9. The van der Waals surface area contributed by atoms with Crippen LogP contribution in [-0.2, 0) is 9.53 Å². The number of carbonyl (C=O) groups excluding carboxylic acids is 1. The molecule has 1 heterocycles. The third-order valence-corrected chi connectivity index (χ3v) is 4.64. The van der Waals surface area contributed by atoms with Crippen molar-refractivity contribution < 1.29 is 19.4 Å². The van der Waals surface area contributed by atoms with Gasteiger partial charge >= 0.3 is 5.97 Å². The summed E-state index contributed by atoms with van der Waals surface area (Å²) in [7, 11) is 1.77. The Labute approximate surface area is 155 Å². The van der Waals surface area contributed by atoms with E-state index >= 15 is 0 Å². The van der Waals surface area contributed by atoms with Crippen molar-refractivity contribution in [1.82, 2.24) is 4.90 Å². The van der Waals surface area contributed by atoms with Crippen molar-refractivity contribution in [2.24, 2.45) is 0 Å². The highest BCUT2D eigenvalue weighted by molar-refractivity contribution is 5.75. The molecule has 1 aromatic rings. The number of hydrogen-bond donors (Lipinski definition) is 1. The van der Waals surface area contributed by atoms with E-state index in [0.717, 1.165) is 0 Å². The number of carbonyl (C=O) groups is 1. The molecule has 0 unspecified atom stereocenters. The number of nitriles is 1. The van der Waals surface area contributed by atoms with Gasteiger partial charge in [-0.3, -0.25) is 9.69 Å². The zero-order valence-electron chi connectivity index (χ0n) is 16.5. The van der Waals surface area contributed by atoms with Gasteiger partial charge in [0.1, 0.15) is 29.1 Å². The van der Waals surface area contributed by atoms with Crippen molar-refractivity contribution in [3.8, 4) is 11.8 Å². The molecular formula is C20H28N2O4. The molecule has 0 aromatic heterocycles. The second kappa shape index (κ2) is 6.90. The maximum Gasteiger partial charge on any atom is 0.323 e. The van der Waals surface area contributed by atoms with Gasteiger partial charge in [0.25, 0.3) is 0 Å². The summed E-state index contributed by atoms with van der Waals surface area (Å²) in [5, 5.41) is 20.2. The van der Waals surface area contributed by atoms with Crippen LogP contribution in [0.15, 0.2) is 18.2 Å². The van der Waals surface area contributed by atoms with E-state index in [1.165, 1.54) is 0 Å². The van der Waals surface area contributed by atoms with E-state index in [2.05, 4.69) is 6.07 Å². The number of rotatable bonds is 3. The average Bonchev–Trinajstić information content (AvgIpc) is 2.52. The first kappa shape index (κ1) is 20.2. The predicted molar refractivity (Wildman–Crippen MR) is 97.7 cm³/mol. The van der Waals surface area contributed by atoms with Crippen molar-refractivity contribution in [3.05, 3.63) is 29.3 Å². The summed E-state index contributed by atoms with van der Waals surface area (Å²) in [6.07, 6.45) is -0.890. The van der Waals surface area contributed by atoms with Crippen LogP contribution >= 0.6 is 0 Å². The second-order valence-electron chi connectivity index (χ2n) is 8.33. The van der Waals surface area contributed by atoms with Crippen LogP contribution < -0.4 is 4.74 Å². The van der Waals surface area contributed by atoms with Gasteiger partial charge in [-0.1, -0.05) is 0 Å². The van der Waals surface area contributed by atoms with Crippen molar-refractivity contribution in [1.29, 1.82) is 5.26 Å². The Morgan fingerprint density at radius 1 is 1.42 bits per heavy atom. The highest BCUT2D eigenvalue weighted by atomic mass is 16.6.